The fraction of sp³-hybridized carbons (Fsp3) is 0.200. The molecule has 0 fully saturated rings. The number of ether oxygens (including phenoxy) is 1. The topological polar surface area (TPSA) is 52.3 Å². The average molecular weight is 321 g/mol. The van der Waals surface area contributed by atoms with Gasteiger partial charge in [0.2, 0.25) is 0 Å². The lowest BCUT2D eigenvalue weighted by Gasteiger charge is -2.05. The van der Waals surface area contributed by atoms with Crippen LogP contribution in [0.15, 0.2) is 53.1 Å². The molecule has 0 aliphatic carbocycles. The van der Waals surface area contributed by atoms with Crippen LogP contribution in [0.5, 0.6) is 0 Å². The Morgan fingerprint density at radius 3 is 2.29 bits per heavy atom. The molecule has 0 radical (unpaired) electrons. The van der Waals surface area contributed by atoms with Crippen molar-refractivity contribution in [3.8, 4) is 11.3 Å². The van der Waals surface area contributed by atoms with Crippen LogP contribution >= 0.6 is 0 Å². The molecule has 0 atom stereocenters. The van der Waals surface area contributed by atoms with Crippen molar-refractivity contribution in [2.45, 2.75) is 27.4 Å². The lowest BCUT2D eigenvalue weighted by Crippen LogP contribution is -2.06. The molecule has 24 heavy (non-hydrogen) atoms. The Hall–Kier alpha value is -2.88. The fourth-order valence-corrected chi connectivity index (χ4v) is 2.55. The summed E-state index contributed by atoms with van der Waals surface area (Å²) in [7, 11) is 0. The summed E-state index contributed by atoms with van der Waals surface area (Å²) in [6, 6.07) is 15.4. The van der Waals surface area contributed by atoms with Crippen LogP contribution in [0.4, 0.5) is 0 Å². The Labute approximate surface area is 141 Å². The average Bonchev–Trinajstić information content (AvgIpc) is 3.01. The SMILES string of the molecule is Cc1ccc(-c2cc(COC(=O)c3cc(C)cc(C)c3)no2)cc1. The Morgan fingerprint density at radius 1 is 0.958 bits per heavy atom. The molecule has 3 rings (SSSR count). The third-order valence-electron chi connectivity index (χ3n) is 3.70. The highest BCUT2D eigenvalue weighted by atomic mass is 16.5. The van der Waals surface area contributed by atoms with Crippen molar-refractivity contribution in [1.82, 2.24) is 5.16 Å². The standard InChI is InChI=1S/C20H19NO3/c1-13-4-6-16(7-5-13)19-11-18(21-24-19)12-23-20(22)17-9-14(2)8-15(3)10-17/h4-11H,12H2,1-3H3. The zero-order chi connectivity index (χ0) is 17.1. The van der Waals surface area contributed by atoms with Gasteiger partial charge in [-0.1, -0.05) is 52.2 Å². The maximum Gasteiger partial charge on any atom is 0.338 e. The van der Waals surface area contributed by atoms with E-state index in [1.54, 1.807) is 6.07 Å². The van der Waals surface area contributed by atoms with Crippen LogP contribution in [0.25, 0.3) is 11.3 Å². The molecule has 0 saturated carbocycles. The highest BCUT2D eigenvalue weighted by Crippen LogP contribution is 2.21. The molecule has 0 spiro atoms. The molecule has 2 aromatic carbocycles. The van der Waals surface area contributed by atoms with Gasteiger partial charge in [0.05, 0.1) is 5.56 Å². The van der Waals surface area contributed by atoms with Crippen molar-refractivity contribution in [3.05, 3.63) is 76.5 Å². The van der Waals surface area contributed by atoms with Gasteiger partial charge in [0.1, 0.15) is 12.3 Å². The first-order valence-electron chi connectivity index (χ1n) is 7.79. The van der Waals surface area contributed by atoms with Crippen molar-refractivity contribution < 1.29 is 14.1 Å². The maximum atomic E-state index is 12.2. The molecule has 0 N–H and O–H groups in total. The van der Waals surface area contributed by atoms with Gasteiger partial charge < -0.3 is 9.26 Å². The summed E-state index contributed by atoms with van der Waals surface area (Å²) >= 11 is 0. The number of hydrogen-bond donors (Lipinski definition) is 0. The van der Waals surface area contributed by atoms with E-state index in [-0.39, 0.29) is 12.6 Å². The van der Waals surface area contributed by atoms with Crippen molar-refractivity contribution in [1.29, 1.82) is 0 Å². The van der Waals surface area contributed by atoms with Gasteiger partial charge in [-0.3, -0.25) is 0 Å². The van der Waals surface area contributed by atoms with E-state index in [1.165, 1.54) is 5.56 Å². The summed E-state index contributed by atoms with van der Waals surface area (Å²) in [6.45, 7) is 6.02. The summed E-state index contributed by atoms with van der Waals surface area (Å²) in [5, 5.41) is 3.96. The minimum atomic E-state index is -0.360. The summed E-state index contributed by atoms with van der Waals surface area (Å²) < 4.78 is 10.7. The zero-order valence-corrected chi connectivity index (χ0v) is 14.0. The summed E-state index contributed by atoms with van der Waals surface area (Å²) in [5.41, 5.74) is 5.33. The van der Waals surface area contributed by atoms with Crippen LogP contribution < -0.4 is 0 Å². The molecular weight excluding hydrogens is 302 g/mol. The van der Waals surface area contributed by atoms with Crippen molar-refractivity contribution in [2.75, 3.05) is 0 Å². The Balaban J connectivity index is 1.67. The summed E-state index contributed by atoms with van der Waals surface area (Å²) in [6.07, 6.45) is 0. The summed E-state index contributed by atoms with van der Waals surface area (Å²) in [4.78, 5) is 12.2. The van der Waals surface area contributed by atoms with Gasteiger partial charge in [-0.25, -0.2) is 4.79 Å². The van der Waals surface area contributed by atoms with Gasteiger partial charge in [-0.05, 0) is 32.9 Å². The Kier molecular flexibility index (Phi) is 4.47. The number of esters is 1. The van der Waals surface area contributed by atoms with E-state index in [9.17, 15) is 4.79 Å². The third kappa shape index (κ3) is 3.71. The van der Waals surface area contributed by atoms with Gasteiger partial charge >= 0.3 is 5.97 Å². The van der Waals surface area contributed by atoms with E-state index in [0.29, 0.717) is 17.0 Å². The first-order chi connectivity index (χ1) is 11.5. The van der Waals surface area contributed by atoms with E-state index in [1.807, 2.05) is 63.2 Å². The van der Waals surface area contributed by atoms with Crippen molar-refractivity contribution in [3.63, 3.8) is 0 Å². The number of carbonyl (C=O) groups excluding carboxylic acids is 1. The van der Waals surface area contributed by atoms with Crippen LogP contribution in [0.1, 0.15) is 32.7 Å². The summed E-state index contributed by atoms with van der Waals surface area (Å²) in [5.74, 6) is 0.300. The quantitative estimate of drug-likeness (QED) is 0.658. The monoisotopic (exact) mass is 321 g/mol. The van der Waals surface area contributed by atoms with Gasteiger partial charge in [0.25, 0.3) is 0 Å². The molecule has 0 saturated heterocycles. The minimum Gasteiger partial charge on any atom is -0.455 e. The molecule has 3 aromatic rings. The van der Waals surface area contributed by atoms with E-state index in [0.717, 1.165) is 16.7 Å². The second-order valence-corrected chi connectivity index (χ2v) is 6.00. The molecule has 0 amide bonds. The van der Waals surface area contributed by atoms with Gasteiger partial charge in [0.15, 0.2) is 5.76 Å². The molecule has 0 aliphatic heterocycles. The van der Waals surface area contributed by atoms with Crippen molar-refractivity contribution >= 4 is 5.97 Å². The van der Waals surface area contributed by atoms with E-state index in [2.05, 4.69) is 5.16 Å². The predicted octanol–water partition coefficient (Wildman–Crippen LogP) is 4.62. The Morgan fingerprint density at radius 2 is 1.62 bits per heavy atom. The molecule has 0 bridgehead atoms. The number of rotatable bonds is 4. The van der Waals surface area contributed by atoms with Crippen LogP contribution in [0, 0.1) is 20.8 Å². The van der Waals surface area contributed by atoms with E-state index >= 15 is 0 Å². The van der Waals surface area contributed by atoms with Gasteiger partial charge in [-0.15, -0.1) is 0 Å². The minimum absolute atomic E-state index is 0.0845. The molecule has 1 heterocycles. The number of aromatic nitrogens is 1. The third-order valence-corrected chi connectivity index (χ3v) is 3.70. The van der Waals surface area contributed by atoms with Crippen molar-refractivity contribution in [2.24, 2.45) is 0 Å². The normalized spacial score (nSPS) is 10.6. The zero-order valence-electron chi connectivity index (χ0n) is 14.0. The number of aryl methyl sites for hydroxylation is 3. The number of hydrogen-bond acceptors (Lipinski definition) is 4. The molecule has 4 nitrogen and oxygen atoms in total. The highest BCUT2D eigenvalue weighted by Gasteiger charge is 2.11. The molecule has 0 aliphatic rings. The fourth-order valence-electron chi connectivity index (χ4n) is 2.55. The number of benzene rings is 2. The lowest BCUT2D eigenvalue weighted by atomic mass is 10.1. The van der Waals surface area contributed by atoms with Crippen LogP contribution in [-0.2, 0) is 11.3 Å². The van der Waals surface area contributed by atoms with Crippen LogP contribution in [-0.4, -0.2) is 11.1 Å². The second-order valence-electron chi connectivity index (χ2n) is 6.00. The van der Waals surface area contributed by atoms with Gasteiger partial charge in [-0.2, -0.15) is 0 Å². The van der Waals surface area contributed by atoms with E-state index < -0.39 is 0 Å². The number of carbonyl (C=O) groups is 1. The highest BCUT2D eigenvalue weighted by molar-refractivity contribution is 5.89. The Bertz CT molecular complexity index is 843. The second kappa shape index (κ2) is 6.71. The maximum absolute atomic E-state index is 12.2. The van der Waals surface area contributed by atoms with Crippen LogP contribution in [0.2, 0.25) is 0 Å². The molecule has 4 heteroatoms. The van der Waals surface area contributed by atoms with E-state index in [4.69, 9.17) is 9.26 Å². The predicted molar refractivity (Wildman–Crippen MR) is 91.7 cm³/mol. The molecular formula is C20H19NO3. The molecule has 1 aromatic heterocycles. The number of nitrogens with zero attached hydrogens (tertiary/aromatic N) is 1. The smallest absolute Gasteiger partial charge is 0.338 e. The first kappa shape index (κ1) is 16.0. The lowest BCUT2D eigenvalue weighted by molar-refractivity contribution is 0.0464. The first-order valence-corrected chi connectivity index (χ1v) is 7.79. The molecule has 0 unspecified atom stereocenters. The largest absolute Gasteiger partial charge is 0.455 e. The van der Waals surface area contributed by atoms with Gasteiger partial charge in [0, 0.05) is 11.6 Å². The van der Waals surface area contributed by atoms with Crippen LogP contribution in [0.3, 0.4) is 0 Å². The molecule has 122 valence electrons.